The van der Waals surface area contributed by atoms with Gasteiger partial charge >= 0.3 is 0 Å². The van der Waals surface area contributed by atoms with Gasteiger partial charge in [-0.3, -0.25) is 0 Å². The first kappa shape index (κ1) is 16.0. The minimum atomic E-state index is 0.353. The highest BCUT2D eigenvalue weighted by Crippen LogP contribution is 2.43. The molecule has 0 aromatic heterocycles. The highest BCUT2D eigenvalue weighted by atomic mass is 16.5. The number of methoxy groups -OCH3 is 3. The maximum absolute atomic E-state index is 5.48. The van der Waals surface area contributed by atoms with Gasteiger partial charge < -0.3 is 19.5 Å². The number of benzene rings is 1. The Kier molecular flexibility index (Phi) is 5.74. The van der Waals surface area contributed by atoms with Crippen molar-refractivity contribution in [1.29, 1.82) is 0 Å². The average molecular weight is 293 g/mol. The Morgan fingerprint density at radius 3 is 2.05 bits per heavy atom. The summed E-state index contributed by atoms with van der Waals surface area (Å²) in [6, 6.07) is 4.51. The Labute approximate surface area is 127 Å². The van der Waals surface area contributed by atoms with Crippen LogP contribution in [-0.4, -0.2) is 27.9 Å². The highest BCUT2D eigenvalue weighted by molar-refractivity contribution is 5.54. The molecule has 0 amide bonds. The first-order valence-corrected chi connectivity index (χ1v) is 7.78. The molecule has 1 aromatic carbocycles. The molecular formula is C17H27NO3. The van der Waals surface area contributed by atoms with Crippen molar-refractivity contribution >= 4 is 0 Å². The molecule has 4 nitrogen and oxygen atoms in total. The molecule has 1 saturated carbocycles. The summed E-state index contributed by atoms with van der Waals surface area (Å²) >= 11 is 0. The number of ether oxygens (including phenoxy) is 3. The Morgan fingerprint density at radius 1 is 1.05 bits per heavy atom. The molecule has 1 atom stereocenters. The van der Waals surface area contributed by atoms with E-state index in [0.29, 0.717) is 17.7 Å². The Hall–Kier alpha value is -1.42. The topological polar surface area (TPSA) is 39.7 Å². The minimum Gasteiger partial charge on any atom is -0.493 e. The quantitative estimate of drug-likeness (QED) is 0.834. The van der Waals surface area contributed by atoms with E-state index in [1.54, 1.807) is 21.3 Å². The van der Waals surface area contributed by atoms with Crippen LogP contribution in [0.3, 0.4) is 0 Å². The molecular weight excluding hydrogens is 266 g/mol. The van der Waals surface area contributed by atoms with Crippen molar-refractivity contribution in [3.05, 3.63) is 17.7 Å². The van der Waals surface area contributed by atoms with E-state index < -0.39 is 0 Å². The molecule has 118 valence electrons. The zero-order valence-electron chi connectivity index (χ0n) is 13.6. The van der Waals surface area contributed by atoms with Crippen LogP contribution < -0.4 is 19.5 Å². The number of hydrogen-bond acceptors (Lipinski definition) is 4. The zero-order chi connectivity index (χ0) is 15.2. The third-order valence-corrected chi connectivity index (χ3v) is 4.34. The van der Waals surface area contributed by atoms with Gasteiger partial charge in [-0.15, -0.1) is 0 Å². The van der Waals surface area contributed by atoms with Gasteiger partial charge in [0.05, 0.1) is 21.3 Å². The fourth-order valence-electron chi connectivity index (χ4n) is 3.35. The predicted molar refractivity (Wildman–Crippen MR) is 84.5 cm³/mol. The molecule has 1 aromatic rings. The normalized spacial score (nSPS) is 16.8. The van der Waals surface area contributed by atoms with E-state index in [2.05, 4.69) is 24.4 Å². The molecule has 0 bridgehead atoms. The maximum atomic E-state index is 5.48. The van der Waals surface area contributed by atoms with Gasteiger partial charge in [0.1, 0.15) is 0 Å². The van der Waals surface area contributed by atoms with E-state index in [-0.39, 0.29) is 0 Å². The molecule has 1 N–H and O–H groups in total. The highest BCUT2D eigenvalue weighted by Gasteiger charge is 2.27. The molecule has 1 aliphatic carbocycles. The lowest BCUT2D eigenvalue weighted by molar-refractivity contribution is 0.319. The summed E-state index contributed by atoms with van der Waals surface area (Å²) < 4.78 is 16.4. The van der Waals surface area contributed by atoms with E-state index in [0.717, 1.165) is 18.0 Å². The van der Waals surface area contributed by atoms with Crippen LogP contribution in [0.15, 0.2) is 12.1 Å². The Morgan fingerprint density at radius 2 is 1.62 bits per heavy atom. The SMILES string of the molecule is CCNC(c1cc(OC)c(OC)c(OC)c1)C1CCCC1. The molecule has 0 saturated heterocycles. The van der Waals surface area contributed by atoms with Crippen LogP contribution in [0.1, 0.15) is 44.2 Å². The third kappa shape index (κ3) is 3.43. The summed E-state index contributed by atoms with van der Waals surface area (Å²) in [6.45, 7) is 3.11. The summed E-state index contributed by atoms with van der Waals surface area (Å²) in [5, 5.41) is 3.63. The lowest BCUT2D eigenvalue weighted by Crippen LogP contribution is -2.27. The lowest BCUT2D eigenvalue weighted by atomic mass is 9.91. The summed E-state index contributed by atoms with van der Waals surface area (Å²) in [6.07, 6.45) is 5.23. The van der Waals surface area contributed by atoms with Crippen LogP contribution in [0.5, 0.6) is 17.2 Å². The monoisotopic (exact) mass is 293 g/mol. The van der Waals surface area contributed by atoms with Gasteiger partial charge in [0.2, 0.25) is 5.75 Å². The van der Waals surface area contributed by atoms with Crippen molar-refractivity contribution < 1.29 is 14.2 Å². The molecule has 4 heteroatoms. The lowest BCUT2D eigenvalue weighted by Gasteiger charge is -2.26. The molecule has 1 fully saturated rings. The molecule has 0 radical (unpaired) electrons. The summed E-state index contributed by atoms with van der Waals surface area (Å²) in [7, 11) is 4.97. The van der Waals surface area contributed by atoms with Gasteiger partial charge in [-0.05, 0) is 43.0 Å². The maximum Gasteiger partial charge on any atom is 0.203 e. The Bertz CT molecular complexity index is 430. The predicted octanol–water partition coefficient (Wildman–Crippen LogP) is 3.55. The number of rotatable bonds is 7. The molecule has 0 aliphatic heterocycles. The van der Waals surface area contributed by atoms with Gasteiger partial charge in [-0.25, -0.2) is 0 Å². The second kappa shape index (κ2) is 7.55. The summed E-state index contributed by atoms with van der Waals surface area (Å²) in [4.78, 5) is 0. The van der Waals surface area contributed by atoms with Crippen LogP contribution in [0.25, 0.3) is 0 Å². The van der Waals surface area contributed by atoms with E-state index in [1.165, 1.54) is 31.2 Å². The van der Waals surface area contributed by atoms with Crippen LogP contribution >= 0.6 is 0 Å². The van der Waals surface area contributed by atoms with Gasteiger partial charge in [-0.2, -0.15) is 0 Å². The standard InChI is InChI=1S/C17H27NO3/c1-5-18-16(12-8-6-7-9-12)13-10-14(19-2)17(21-4)15(11-13)20-3/h10-12,16,18H,5-9H2,1-4H3. The third-order valence-electron chi connectivity index (χ3n) is 4.34. The van der Waals surface area contributed by atoms with Crippen molar-refractivity contribution in [2.45, 2.75) is 38.6 Å². The molecule has 1 unspecified atom stereocenters. The van der Waals surface area contributed by atoms with Gasteiger partial charge in [0, 0.05) is 6.04 Å². The Balaban J connectivity index is 2.39. The summed E-state index contributed by atoms with van der Waals surface area (Å²) in [5.74, 6) is 2.80. The van der Waals surface area contributed by atoms with Gasteiger partial charge in [0.25, 0.3) is 0 Å². The molecule has 0 spiro atoms. The van der Waals surface area contributed by atoms with E-state index in [4.69, 9.17) is 14.2 Å². The van der Waals surface area contributed by atoms with E-state index >= 15 is 0 Å². The van der Waals surface area contributed by atoms with Crippen molar-refractivity contribution in [2.75, 3.05) is 27.9 Å². The molecule has 1 aliphatic rings. The fourth-order valence-corrected chi connectivity index (χ4v) is 3.35. The van der Waals surface area contributed by atoms with Crippen molar-refractivity contribution in [1.82, 2.24) is 5.32 Å². The van der Waals surface area contributed by atoms with Crippen molar-refractivity contribution in [3.63, 3.8) is 0 Å². The van der Waals surface area contributed by atoms with Crippen molar-refractivity contribution in [2.24, 2.45) is 5.92 Å². The first-order chi connectivity index (χ1) is 10.2. The summed E-state index contributed by atoms with van der Waals surface area (Å²) in [5.41, 5.74) is 1.22. The van der Waals surface area contributed by atoms with Crippen LogP contribution in [0, 0.1) is 5.92 Å². The number of hydrogen-bond donors (Lipinski definition) is 1. The molecule has 2 rings (SSSR count). The smallest absolute Gasteiger partial charge is 0.203 e. The van der Waals surface area contributed by atoms with E-state index in [9.17, 15) is 0 Å². The largest absolute Gasteiger partial charge is 0.493 e. The molecule has 21 heavy (non-hydrogen) atoms. The second-order valence-corrected chi connectivity index (χ2v) is 5.54. The first-order valence-electron chi connectivity index (χ1n) is 7.78. The second-order valence-electron chi connectivity index (χ2n) is 5.54. The van der Waals surface area contributed by atoms with Crippen LogP contribution in [0.4, 0.5) is 0 Å². The minimum absolute atomic E-state index is 0.353. The number of nitrogens with one attached hydrogen (secondary N) is 1. The van der Waals surface area contributed by atoms with Gasteiger partial charge in [0.15, 0.2) is 11.5 Å². The average Bonchev–Trinajstić information content (AvgIpc) is 3.05. The van der Waals surface area contributed by atoms with Crippen LogP contribution in [-0.2, 0) is 0 Å². The van der Waals surface area contributed by atoms with E-state index in [1.807, 2.05) is 0 Å². The van der Waals surface area contributed by atoms with Crippen molar-refractivity contribution in [3.8, 4) is 17.2 Å². The zero-order valence-corrected chi connectivity index (χ0v) is 13.6. The fraction of sp³-hybridized carbons (Fsp3) is 0.647. The van der Waals surface area contributed by atoms with Crippen LogP contribution in [0.2, 0.25) is 0 Å². The van der Waals surface area contributed by atoms with Gasteiger partial charge in [-0.1, -0.05) is 19.8 Å². The molecule has 0 heterocycles.